The Balaban J connectivity index is 1.69. The lowest BCUT2D eigenvalue weighted by Gasteiger charge is -2.45. The van der Waals surface area contributed by atoms with E-state index in [0.29, 0.717) is 11.1 Å². The minimum atomic E-state index is -0.532. The topological polar surface area (TPSA) is 61.4 Å². The average molecular weight is 321 g/mol. The van der Waals surface area contributed by atoms with Crippen molar-refractivity contribution in [1.82, 2.24) is 10.4 Å². The van der Waals surface area contributed by atoms with Crippen LogP contribution in [-0.2, 0) is 0 Å². The van der Waals surface area contributed by atoms with Gasteiger partial charge in [0.05, 0.1) is 5.56 Å². The maximum absolute atomic E-state index is 13.0. The fourth-order valence-corrected chi connectivity index (χ4v) is 3.62. The molecule has 2 aromatic rings. The Morgan fingerprint density at radius 2 is 1.67 bits per heavy atom. The van der Waals surface area contributed by atoms with Gasteiger partial charge in [0.25, 0.3) is 11.8 Å². The number of nitrogens with one attached hydrogen (secondary N) is 2. The molecule has 1 aliphatic carbocycles. The third-order valence-corrected chi connectivity index (χ3v) is 4.84. The van der Waals surface area contributed by atoms with Gasteiger partial charge in [0.2, 0.25) is 0 Å². The second-order valence-corrected chi connectivity index (χ2v) is 6.36. The van der Waals surface area contributed by atoms with Crippen molar-refractivity contribution < 1.29 is 9.59 Å². The quantitative estimate of drug-likeness (QED) is 0.893. The Hall–Kier alpha value is -2.82. The van der Waals surface area contributed by atoms with Gasteiger partial charge in [0, 0.05) is 11.3 Å². The van der Waals surface area contributed by atoms with Crippen molar-refractivity contribution in [3.63, 3.8) is 0 Å². The number of hydrogen-bond donors (Lipinski definition) is 2. The maximum atomic E-state index is 13.0. The molecule has 1 saturated carbocycles. The summed E-state index contributed by atoms with van der Waals surface area (Å²) in [5.74, 6) is -0.424. The van der Waals surface area contributed by atoms with Crippen molar-refractivity contribution in [3.8, 4) is 0 Å². The van der Waals surface area contributed by atoms with Gasteiger partial charge in [-0.15, -0.1) is 0 Å². The molecular weight excluding hydrogens is 302 g/mol. The number of para-hydroxylation sites is 1. The highest BCUT2D eigenvalue weighted by Gasteiger charge is 2.47. The van der Waals surface area contributed by atoms with Crippen molar-refractivity contribution >= 4 is 17.5 Å². The number of amides is 2. The summed E-state index contributed by atoms with van der Waals surface area (Å²) in [7, 11) is 0. The van der Waals surface area contributed by atoms with Gasteiger partial charge in [-0.25, -0.2) is 5.01 Å². The molecule has 2 N–H and O–H groups in total. The molecule has 1 heterocycles. The second-order valence-electron chi connectivity index (χ2n) is 6.36. The highest BCUT2D eigenvalue weighted by atomic mass is 16.2. The largest absolute Gasteiger partial charge is 0.361 e. The first kappa shape index (κ1) is 14.8. The second kappa shape index (κ2) is 5.67. The van der Waals surface area contributed by atoms with Crippen molar-refractivity contribution in [1.29, 1.82) is 0 Å². The molecule has 1 fully saturated rings. The molecule has 0 bridgehead atoms. The summed E-state index contributed by atoms with van der Waals surface area (Å²) >= 11 is 0. The Bertz CT molecular complexity index is 782. The number of anilines is 1. The molecule has 2 aromatic carbocycles. The van der Waals surface area contributed by atoms with Crippen LogP contribution in [0.15, 0.2) is 54.6 Å². The predicted molar refractivity (Wildman–Crippen MR) is 91.3 cm³/mol. The van der Waals surface area contributed by atoms with Gasteiger partial charge in [-0.2, -0.15) is 0 Å². The van der Waals surface area contributed by atoms with Crippen molar-refractivity contribution in [2.45, 2.75) is 31.3 Å². The first-order valence-corrected chi connectivity index (χ1v) is 8.27. The lowest BCUT2D eigenvalue weighted by atomic mass is 9.99. The first-order valence-electron chi connectivity index (χ1n) is 8.27. The summed E-state index contributed by atoms with van der Waals surface area (Å²) in [4.78, 5) is 25.6. The van der Waals surface area contributed by atoms with E-state index >= 15 is 0 Å². The standard InChI is InChI=1S/C19H19N3O2/c23-17(14-8-2-1-3-9-14)21-22-18(24)15-10-4-5-11-16(15)20-19(22)12-6-7-13-19/h1-5,8-11,20H,6-7,12-13H2,(H,21,23). The molecular formula is C19H19N3O2. The minimum Gasteiger partial charge on any atom is -0.361 e. The molecule has 2 amide bonds. The number of rotatable bonds is 2. The Morgan fingerprint density at radius 1 is 1.00 bits per heavy atom. The number of fused-ring (bicyclic) bond motifs is 1. The summed E-state index contributed by atoms with van der Waals surface area (Å²) in [6, 6.07) is 16.4. The Labute approximate surface area is 140 Å². The van der Waals surface area contributed by atoms with Crippen LogP contribution in [-0.4, -0.2) is 22.5 Å². The molecule has 0 aromatic heterocycles. The van der Waals surface area contributed by atoms with E-state index in [4.69, 9.17) is 0 Å². The van der Waals surface area contributed by atoms with E-state index in [-0.39, 0.29) is 11.8 Å². The Morgan fingerprint density at radius 3 is 2.42 bits per heavy atom. The van der Waals surface area contributed by atoms with Gasteiger partial charge >= 0.3 is 0 Å². The summed E-state index contributed by atoms with van der Waals surface area (Å²) in [6.07, 6.45) is 3.70. The van der Waals surface area contributed by atoms with Gasteiger partial charge < -0.3 is 5.32 Å². The highest BCUT2D eigenvalue weighted by Crippen LogP contribution is 2.40. The van der Waals surface area contributed by atoms with Crippen LogP contribution in [0.5, 0.6) is 0 Å². The third kappa shape index (κ3) is 2.33. The molecule has 0 radical (unpaired) electrons. The molecule has 24 heavy (non-hydrogen) atoms. The highest BCUT2D eigenvalue weighted by molar-refractivity contribution is 6.04. The molecule has 2 aliphatic rings. The van der Waals surface area contributed by atoms with E-state index in [1.807, 2.05) is 36.4 Å². The molecule has 1 spiro atoms. The van der Waals surface area contributed by atoms with E-state index in [2.05, 4.69) is 10.7 Å². The zero-order chi connectivity index (χ0) is 16.6. The molecule has 4 rings (SSSR count). The van der Waals surface area contributed by atoms with Gasteiger partial charge in [-0.05, 0) is 49.9 Å². The van der Waals surface area contributed by atoms with E-state index in [1.165, 1.54) is 5.01 Å². The Kier molecular flexibility index (Phi) is 3.49. The average Bonchev–Trinajstić information content (AvgIpc) is 3.08. The van der Waals surface area contributed by atoms with Crippen LogP contribution < -0.4 is 10.7 Å². The molecule has 5 nitrogen and oxygen atoms in total. The molecule has 5 heteroatoms. The molecule has 1 aliphatic heterocycles. The zero-order valence-corrected chi connectivity index (χ0v) is 13.3. The van der Waals surface area contributed by atoms with E-state index in [0.717, 1.165) is 31.4 Å². The molecule has 0 atom stereocenters. The van der Waals surface area contributed by atoms with Crippen LogP contribution in [0, 0.1) is 0 Å². The lowest BCUT2D eigenvalue weighted by Crippen LogP contribution is -2.64. The van der Waals surface area contributed by atoms with Crippen LogP contribution in [0.4, 0.5) is 5.69 Å². The monoisotopic (exact) mass is 321 g/mol. The fraction of sp³-hybridized carbons (Fsp3) is 0.263. The number of carbonyl (C=O) groups excluding carboxylic acids is 2. The normalized spacial score (nSPS) is 18.2. The van der Waals surface area contributed by atoms with Crippen molar-refractivity contribution in [2.24, 2.45) is 0 Å². The van der Waals surface area contributed by atoms with Crippen LogP contribution in [0.25, 0.3) is 0 Å². The number of benzene rings is 2. The number of hydrazine groups is 1. The third-order valence-electron chi connectivity index (χ3n) is 4.84. The molecule has 0 unspecified atom stereocenters. The van der Waals surface area contributed by atoms with Crippen LogP contribution >= 0.6 is 0 Å². The summed E-state index contributed by atoms with van der Waals surface area (Å²) in [5.41, 5.74) is 4.28. The molecule has 0 saturated heterocycles. The van der Waals surface area contributed by atoms with Gasteiger partial charge in [-0.3, -0.25) is 15.0 Å². The van der Waals surface area contributed by atoms with E-state index < -0.39 is 5.66 Å². The number of nitrogens with zero attached hydrogens (tertiary/aromatic N) is 1. The van der Waals surface area contributed by atoms with Crippen molar-refractivity contribution in [3.05, 3.63) is 65.7 Å². The fourth-order valence-electron chi connectivity index (χ4n) is 3.62. The molecule has 122 valence electrons. The smallest absolute Gasteiger partial charge is 0.276 e. The van der Waals surface area contributed by atoms with Crippen molar-refractivity contribution in [2.75, 3.05) is 5.32 Å². The van der Waals surface area contributed by atoms with Gasteiger partial charge in [0.15, 0.2) is 0 Å². The van der Waals surface area contributed by atoms with Crippen LogP contribution in [0.3, 0.4) is 0 Å². The summed E-state index contributed by atoms with van der Waals surface area (Å²) in [6.45, 7) is 0. The lowest BCUT2D eigenvalue weighted by molar-refractivity contribution is 0.0287. The van der Waals surface area contributed by atoms with Gasteiger partial charge in [-0.1, -0.05) is 30.3 Å². The SMILES string of the molecule is O=C(NN1C(=O)c2ccccc2NC12CCCC2)c1ccccc1. The maximum Gasteiger partial charge on any atom is 0.276 e. The minimum absolute atomic E-state index is 0.157. The predicted octanol–water partition coefficient (Wildman–Crippen LogP) is 3.17. The van der Waals surface area contributed by atoms with Gasteiger partial charge in [0.1, 0.15) is 5.66 Å². The number of hydrogen-bond acceptors (Lipinski definition) is 3. The van der Waals surface area contributed by atoms with E-state index in [9.17, 15) is 9.59 Å². The zero-order valence-electron chi connectivity index (χ0n) is 13.3. The van der Waals surface area contributed by atoms with Crippen LogP contribution in [0.2, 0.25) is 0 Å². The van der Waals surface area contributed by atoms with Crippen LogP contribution in [0.1, 0.15) is 46.4 Å². The first-order chi connectivity index (χ1) is 11.7. The summed E-state index contributed by atoms with van der Waals surface area (Å²) in [5, 5.41) is 5.01. The van der Waals surface area contributed by atoms with E-state index in [1.54, 1.807) is 18.2 Å². The number of carbonyl (C=O) groups is 2. The summed E-state index contributed by atoms with van der Waals surface area (Å²) < 4.78 is 0.